The van der Waals surface area contributed by atoms with Gasteiger partial charge in [0.05, 0.1) is 19.4 Å². The third kappa shape index (κ3) is 3.37. The summed E-state index contributed by atoms with van der Waals surface area (Å²) >= 11 is 0. The number of aryl methyl sites for hydroxylation is 2. The van der Waals surface area contributed by atoms with Crippen LogP contribution in [-0.2, 0) is 21.4 Å². The van der Waals surface area contributed by atoms with E-state index in [1.165, 1.54) is 27.2 Å². The summed E-state index contributed by atoms with van der Waals surface area (Å²) in [5.74, 6) is 0.346. The molecule has 0 aromatic carbocycles. The molecular weight excluding hydrogens is 310 g/mol. The number of amides is 1. The van der Waals surface area contributed by atoms with Crippen molar-refractivity contribution in [2.45, 2.75) is 25.3 Å². The maximum Gasteiger partial charge on any atom is 0.248 e. The second kappa shape index (κ2) is 6.32. The summed E-state index contributed by atoms with van der Waals surface area (Å²) in [5, 5.41) is 6.21. The van der Waals surface area contributed by atoms with Crippen LogP contribution in [0.15, 0.2) is 32.2 Å². The van der Waals surface area contributed by atoms with E-state index in [1.807, 2.05) is 0 Å². The molecule has 2 aromatic rings. The van der Waals surface area contributed by atoms with Crippen LogP contribution in [0.2, 0.25) is 0 Å². The molecule has 2 heterocycles. The van der Waals surface area contributed by atoms with Gasteiger partial charge in [-0.2, -0.15) is 4.31 Å². The van der Waals surface area contributed by atoms with Crippen molar-refractivity contribution in [2.24, 2.45) is 0 Å². The number of hydrogen-bond acceptors (Lipinski definition) is 6. The van der Waals surface area contributed by atoms with Crippen molar-refractivity contribution in [2.75, 3.05) is 13.6 Å². The van der Waals surface area contributed by atoms with Crippen molar-refractivity contribution in [3.8, 4) is 0 Å². The standard InChI is InChI=1S/C13H17N3O5S/c1-9-13(10(2)21-15-9)22(18,19)16(3)8-12(17)14-7-11-5-4-6-20-11/h4-6H,7-8H2,1-3H3,(H,14,17). The molecule has 0 aliphatic rings. The largest absolute Gasteiger partial charge is 0.467 e. The van der Waals surface area contributed by atoms with Gasteiger partial charge in [0.25, 0.3) is 0 Å². The fourth-order valence-corrected chi connectivity index (χ4v) is 3.35. The Hall–Kier alpha value is -2.13. The predicted molar refractivity (Wildman–Crippen MR) is 76.3 cm³/mol. The third-order valence-corrected chi connectivity index (χ3v) is 5.09. The highest BCUT2D eigenvalue weighted by Gasteiger charge is 2.29. The highest BCUT2D eigenvalue weighted by atomic mass is 32.2. The lowest BCUT2D eigenvalue weighted by molar-refractivity contribution is -0.121. The molecule has 2 rings (SSSR count). The molecule has 0 saturated carbocycles. The molecule has 0 aliphatic heterocycles. The Morgan fingerprint density at radius 1 is 1.41 bits per heavy atom. The molecule has 0 fully saturated rings. The van der Waals surface area contributed by atoms with Crippen molar-refractivity contribution in [1.82, 2.24) is 14.8 Å². The van der Waals surface area contributed by atoms with E-state index in [2.05, 4.69) is 10.5 Å². The first kappa shape index (κ1) is 16.2. The number of furan rings is 1. The summed E-state index contributed by atoms with van der Waals surface area (Å²) in [7, 11) is -2.50. The van der Waals surface area contributed by atoms with Crippen molar-refractivity contribution in [3.63, 3.8) is 0 Å². The molecule has 0 aliphatic carbocycles. The normalized spacial score (nSPS) is 11.8. The van der Waals surface area contributed by atoms with E-state index < -0.39 is 15.9 Å². The number of aromatic nitrogens is 1. The zero-order valence-corrected chi connectivity index (χ0v) is 13.3. The van der Waals surface area contributed by atoms with Crippen LogP contribution in [-0.4, -0.2) is 37.4 Å². The molecule has 0 unspecified atom stereocenters. The number of hydrogen-bond donors (Lipinski definition) is 1. The summed E-state index contributed by atoms with van der Waals surface area (Å²) < 4.78 is 35.8. The van der Waals surface area contributed by atoms with E-state index in [9.17, 15) is 13.2 Å². The molecule has 22 heavy (non-hydrogen) atoms. The first-order chi connectivity index (χ1) is 10.3. The number of nitrogens with zero attached hydrogens (tertiary/aromatic N) is 2. The van der Waals surface area contributed by atoms with E-state index >= 15 is 0 Å². The maximum absolute atomic E-state index is 12.4. The van der Waals surface area contributed by atoms with Gasteiger partial charge in [-0.05, 0) is 26.0 Å². The zero-order valence-electron chi connectivity index (χ0n) is 12.5. The number of nitrogens with one attached hydrogen (secondary N) is 1. The minimum atomic E-state index is -3.83. The summed E-state index contributed by atoms with van der Waals surface area (Å²) in [6, 6.07) is 3.42. The molecular formula is C13H17N3O5S. The average Bonchev–Trinajstić information content (AvgIpc) is 3.06. The van der Waals surface area contributed by atoms with Crippen LogP contribution in [0.5, 0.6) is 0 Å². The smallest absolute Gasteiger partial charge is 0.248 e. The number of carbonyl (C=O) groups excluding carboxylic acids is 1. The number of sulfonamides is 1. The SMILES string of the molecule is Cc1noc(C)c1S(=O)(=O)N(C)CC(=O)NCc1ccco1. The molecule has 0 radical (unpaired) electrons. The van der Waals surface area contributed by atoms with Gasteiger partial charge in [0.1, 0.15) is 16.3 Å². The summed E-state index contributed by atoms with van der Waals surface area (Å²) in [6.45, 7) is 2.93. The summed E-state index contributed by atoms with van der Waals surface area (Å²) in [6.07, 6.45) is 1.50. The molecule has 120 valence electrons. The molecule has 2 aromatic heterocycles. The van der Waals surface area contributed by atoms with Crippen molar-refractivity contribution >= 4 is 15.9 Å². The molecule has 0 atom stereocenters. The van der Waals surface area contributed by atoms with Crippen LogP contribution in [0, 0.1) is 13.8 Å². The van der Waals surface area contributed by atoms with E-state index in [1.54, 1.807) is 12.1 Å². The van der Waals surface area contributed by atoms with Gasteiger partial charge >= 0.3 is 0 Å². The minimum Gasteiger partial charge on any atom is -0.467 e. The highest BCUT2D eigenvalue weighted by Crippen LogP contribution is 2.22. The second-order valence-electron chi connectivity index (χ2n) is 4.77. The van der Waals surface area contributed by atoms with Crippen molar-refractivity contribution in [1.29, 1.82) is 0 Å². The quantitative estimate of drug-likeness (QED) is 0.842. The Morgan fingerprint density at radius 2 is 2.14 bits per heavy atom. The second-order valence-corrected chi connectivity index (χ2v) is 6.75. The van der Waals surface area contributed by atoms with Crippen LogP contribution in [0.3, 0.4) is 0 Å². The Balaban J connectivity index is 2.01. The molecule has 9 heteroatoms. The monoisotopic (exact) mass is 327 g/mol. The van der Waals surface area contributed by atoms with E-state index in [0.717, 1.165) is 4.31 Å². The number of rotatable bonds is 6. The zero-order chi connectivity index (χ0) is 16.3. The van der Waals surface area contributed by atoms with E-state index in [4.69, 9.17) is 8.94 Å². The summed E-state index contributed by atoms with van der Waals surface area (Å²) in [4.78, 5) is 11.8. The average molecular weight is 327 g/mol. The summed E-state index contributed by atoms with van der Waals surface area (Å²) in [5.41, 5.74) is 0.264. The Morgan fingerprint density at radius 3 is 2.68 bits per heavy atom. The Labute approximate surface area is 128 Å². The van der Waals surface area contributed by atoms with Gasteiger partial charge in [0, 0.05) is 7.05 Å². The third-order valence-electron chi connectivity index (χ3n) is 3.04. The fourth-order valence-electron chi connectivity index (χ4n) is 1.94. The van der Waals surface area contributed by atoms with Crippen LogP contribution in [0.25, 0.3) is 0 Å². The van der Waals surface area contributed by atoms with E-state index in [-0.39, 0.29) is 29.4 Å². The van der Waals surface area contributed by atoms with E-state index in [0.29, 0.717) is 5.76 Å². The molecule has 1 N–H and O–H groups in total. The predicted octanol–water partition coefficient (Wildman–Crippen LogP) is 0.821. The van der Waals surface area contributed by atoms with Gasteiger partial charge in [-0.15, -0.1) is 0 Å². The van der Waals surface area contributed by atoms with Crippen molar-refractivity contribution < 1.29 is 22.2 Å². The molecule has 0 spiro atoms. The molecule has 0 saturated heterocycles. The van der Waals surface area contributed by atoms with Gasteiger partial charge in [-0.1, -0.05) is 5.16 Å². The minimum absolute atomic E-state index is 0.00571. The van der Waals surface area contributed by atoms with Crippen LogP contribution >= 0.6 is 0 Å². The molecule has 1 amide bonds. The Kier molecular flexibility index (Phi) is 4.67. The lowest BCUT2D eigenvalue weighted by atomic mass is 10.4. The Bertz CT molecular complexity index is 729. The maximum atomic E-state index is 12.4. The van der Waals surface area contributed by atoms with Gasteiger partial charge in [0.2, 0.25) is 15.9 Å². The van der Waals surface area contributed by atoms with Crippen LogP contribution < -0.4 is 5.32 Å². The first-order valence-corrected chi connectivity index (χ1v) is 7.94. The molecule has 0 bridgehead atoms. The topological polar surface area (TPSA) is 106 Å². The van der Waals surface area contributed by atoms with Gasteiger partial charge in [-0.25, -0.2) is 8.42 Å². The van der Waals surface area contributed by atoms with Gasteiger partial charge < -0.3 is 14.3 Å². The lowest BCUT2D eigenvalue weighted by Gasteiger charge is -2.16. The first-order valence-electron chi connectivity index (χ1n) is 6.50. The highest BCUT2D eigenvalue weighted by molar-refractivity contribution is 7.89. The number of carbonyl (C=O) groups is 1. The number of likely N-dealkylation sites (N-methyl/N-ethyl adjacent to an activating group) is 1. The molecule has 8 nitrogen and oxygen atoms in total. The fraction of sp³-hybridized carbons (Fsp3) is 0.385. The van der Waals surface area contributed by atoms with Crippen molar-refractivity contribution in [3.05, 3.63) is 35.6 Å². The van der Waals surface area contributed by atoms with Crippen LogP contribution in [0.1, 0.15) is 17.2 Å². The lowest BCUT2D eigenvalue weighted by Crippen LogP contribution is -2.38. The van der Waals surface area contributed by atoms with Gasteiger partial charge in [-0.3, -0.25) is 4.79 Å². The van der Waals surface area contributed by atoms with Gasteiger partial charge in [0.15, 0.2) is 5.76 Å². The van der Waals surface area contributed by atoms with Crippen LogP contribution in [0.4, 0.5) is 0 Å².